The van der Waals surface area contributed by atoms with Crippen molar-refractivity contribution in [2.75, 3.05) is 0 Å². The van der Waals surface area contributed by atoms with E-state index in [4.69, 9.17) is 0 Å². The van der Waals surface area contributed by atoms with Gasteiger partial charge >= 0.3 is 0 Å². The third-order valence-electron chi connectivity index (χ3n) is 2.39. The highest BCUT2D eigenvalue weighted by Crippen LogP contribution is 2.23. The van der Waals surface area contributed by atoms with Gasteiger partial charge in [-0.2, -0.15) is 0 Å². The van der Waals surface area contributed by atoms with Gasteiger partial charge in [-0.25, -0.2) is 4.98 Å². The molecule has 2 rings (SSSR count). The summed E-state index contributed by atoms with van der Waals surface area (Å²) in [7, 11) is 0. The molecule has 0 saturated carbocycles. The molecule has 0 radical (unpaired) electrons. The summed E-state index contributed by atoms with van der Waals surface area (Å²) in [5, 5.41) is 0. The Balaban J connectivity index is 2.42. The van der Waals surface area contributed by atoms with Crippen LogP contribution < -0.4 is 0 Å². The lowest BCUT2D eigenvalue weighted by molar-refractivity contribution is 1.25. The molecular weight excluding hydrogens is 323 g/mol. The fraction of sp³-hybridized carbons (Fsp3) is 0.0714. The SMILES string of the molecule is C=C(/C=C\C=C/C)c1nc2ccccc2n1I. The number of hydrogen-bond acceptors (Lipinski definition) is 1. The van der Waals surface area contributed by atoms with Crippen molar-refractivity contribution >= 4 is 39.5 Å². The molecule has 0 unspecified atom stereocenters. The monoisotopic (exact) mass is 336 g/mol. The van der Waals surface area contributed by atoms with Gasteiger partial charge in [-0.1, -0.05) is 43.0 Å². The molecule has 1 heterocycles. The van der Waals surface area contributed by atoms with Crippen LogP contribution in [0.15, 0.2) is 55.1 Å². The van der Waals surface area contributed by atoms with Crippen molar-refractivity contribution in [2.45, 2.75) is 6.92 Å². The maximum Gasteiger partial charge on any atom is 0.149 e. The van der Waals surface area contributed by atoms with Crippen molar-refractivity contribution in [2.24, 2.45) is 0 Å². The van der Waals surface area contributed by atoms with E-state index in [1.54, 1.807) is 0 Å². The lowest BCUT2D eigenvalue weighted by Crippen LogP contribution is -1.88. The molecule has 0 atom stereocenters. The number of fused-ring (bicyclic) bond motifs is 1. The van der Waals surface area contributed by atoms with Gasteiger partial charge in [0.2, 0.25) is 0 Å². The number of halogens is 1. The van der Waals surface area contributed by atoms with Crippen LogP contribution in [0.3, 0.4) is 0 Å². The molecule has 2 aromatic rings. The number of rotatable bonds is 3. The highest BCUT2D eigenvalue weighted by Gasteiger charge is 2.08. The minimum Gasteiger partial charge on any atom is -0.264 e. The third-order valence-corrected chi connectivity index (χ3v) is 3.37. The van der Waals surface area contributed by atoms with E-state index in [-0.39, 0.29) is 0 Å². The average Bonchev–Trinajstić information content (AvgIpc) is 2.68. The summed E-state index contributed by atoms with van der Waals surface area (Å²) in [5.41, 5.74) is 3.02. The molecule has 1 aromatic heterocycles. The first-order valence-corrected chi connectivity index (χ1v) is 6.33. The van der Waals surface area contributed by atoms with Crippen LogP contribution in [-0.4, -0.2) is 7.76 Å². The second kappa shape index (κ2) is 5.31. The second-order valence-corrected chi connectivity index (χ2v) is 4.58. The van der Waals surface area contributed by atoms with Crippen LogP contribution in [-0.2, 0) is 0 Å². The largest absolute Gasteiger partial charge is 0.264 e. The molecule has 2 nitrogen and oxygen atoms in total. The fourth-order valence-corrected chi connectivity index (χ4v) is 2.38. The number of aromatic nitrogens is 2. The molecule has 0 aliphatic rings. The summed E-state index contributed by atoms with van der Waals surface area (Å²) in [5.74, 6) is 0.896. The van der Waals surface area contributed by atoms with Crippen molar-refractivity contribution in [3.05, 3.63) is 61.0 Å². The number of allylic oxidation sites excluding steroid dienone is 5. The van der Waals surface area contributed by atoms with Gasteiger partial charge in [0.1, 0.15) is 5.82 Å². The number of benzene rings is 1. The molecule has 0 bridgehead atoms. The van der Waals surface area contributed by atoms with Gasteiger partial charge in [-0.15, -0.1) is 0 Å². The smallest absolute Gasteiger partial charge is 0.149 e. The van der Waals surface area contributed by atoms with Gasteiger partial charge in [0.15, 0.2) is 0 Å². The summed E-state index contributed by atoms with van der Waals surface area (Å²) in [6, 6.07) is 8.08. The van der Waals surface area contributed by atoms with E-state index in [1.807, 2.05) is 52.2 Å². The Labute approximate surface area is 115 Å². The van der Waals surface area contributed by atoms with Gasteiger partial charge in [0.05, 0.1) is 33.9 Å². The van der Waals surface area contributed by atoms with Gasteiger partial charge in [0, 0.05) is 5.57 Å². The Hall–Kier alpha value is -1.36. The summed E-state index contributed by atoms with van der Waals surface area (Å²) < 4.78 is 2.04. The first-order chi connectivity index (χ1) is 8.24. The predicted octanol–water partition coefficient (Wildman–Crippen LogP) is 4.38. The van der Waals surface area contributed by atoms with Crippen LogP contribution in [0.2, 0.25) is 0 Å². The van der Waals surface area contributed by atoms with Crippen molar-refractivity contribution in [1.82, 2.24) is 7.76 Å². The van der Waals surface area contributed by atoms with Crippen molar-refractivity contribution in [3.8, 4) is 0 Å². The standard InChI is InChI=1S/C14H13IN2/c1-3-4-5-8-11(2)14-16-12-9-6-7-10-13(12)17(14)15/h3-10H,2H2,1H3/b4-3-,8-5-. The van der Waals surface area contributed by atoms with Gasteiger partial charge < -0.3 is 0 Å². The normalized spacial score (nSPS) is 11.9. The number of nitrogens with zero attached hydrogens (tertiary/aromatic N) is 2. The number of imidazole rings is 1. The molecule has 0 aliphatic carbocycles. The van der Waals surface area contributed by atoms with E-state index >= 15 is 0 Å². The minimum atomic E-state index is 0.896. The van der Waals surface area contributed by atoms with Crippen molar-refractivity contribution < 1.29 is 0 Å². The van der Waals surface area contributed by atoms with Gasteiger partial charge in [-0.05, 0) is 19.1 Å². The first kappa shape index (κ1) is 12.1. The number of para-hydroxylation sites is 2. The van der Waals surface area contributed by atoms with Crippen LogP contribution in [0.5, 0.6) is 0 Å². The fourth-order valence-electron chi connectivity index (χ4n) is 1.55. The topological polar surface area (TPSA) is 17.8 Å². The first-order valence-electron chi connectivity index (χ1n) is 5.36. The lowest BCUT2D eigenvalue weighted by atomic mass is 10.2. The maximum atomic E-state index is 4.57. The molecule has 86 valence electrons. The summed E-state index contributed by atoms with van der Waals surface area (Å²) in [6.07, 6.45) is 7.90. The Morgan fingerprint density at radius 3 is 2.82 bits per heavy atom. The zero-order chi connectivity index (χ0) is 12.3. The molecule has 3 heteroatoms. The van der Waals surface area contributed by atoms with E-state index < -0.39 is 0 Å². The van der Waals surface area contributed by atoms with Gasteiger partial charge in [0.25, 0.3) is 0 Å². The lowest BCUT2D eigenvalue weighted by Gasteiger charge is -1.98. The van der Waals surface area contributed by atoms with E-state index in [0.29, 0.717) is 0 Å². The molecular formula is C14H13IN2. The van der Waals surface area contributed by atoms with Crippen LogP contribution in [0.1, 0.15) is 12.7 Å². The zero-order valence-corrected chi connectivity index (χ0v) is 11.8. The Kier molecular flexibility index (Phi) is 3.78. The molecule has 0 aliphatic heterocycles. The summed E-state index contributed by atoms with van der Waals surface area (Å²) in [4.78, 5) is 4.57. The quantitative estimate of drug-likeness (QED) is 0.601. The van der Waals surface area contributed by atoms with E-state index in [1.165, 1.54) is 0 Å². The van der Waals surface area contributed by atoms with Crippen molar-refractivity contribution in [3.63, 3.8) is 0 Å². The van der Waals surface area contributed by atoms with Crippen molar-refractivity contribution in [1.29, 1.82) is 0 Å². The highest BCUT2D eigenvalue weighted by atomic mass is 127. The summed E-state index contributed by atoms with van der Waals surface area (Å²) >= 11 is 2.25. The van der Waals surface area contributed by atoms with E-state index in [2.05, 4.69) is 40.5 Å². The highest BCUT2D eigenvalue weighted by molar-refractivity contribution is 14.1. The third kappa shape index (κ3) is 2.49. The van der Waals surface area contributed by atoms with Crippen LogP contribution >= 0.6 is 22.9 Å². The van der Waals surface area contributed by atoms with Crippen LogP contribution in [0.4, 0.5) is 0 Å². The molecule has 0 saturated heterocycles. The number of hydrogen-bond donors (Lipinski definition) is 0. The average molecular weight is 336 g/mol. The van der Waals surface area contributed by atoms with E-state index in [0.717, 1.165) is 22.4 Å². The second-order valence-electron chi connectivity index (χ2n) is 3.62. The Bertz CT molecular complexity index is 606. The molecule has 1 aromatic carbocycles. The maximum absolute atomic E-state index is 4.57. The van der Waals surface area contributed by atoms with Crippen LogP contribution in [0.25, 0.3) is 16.6 Å². The molecule has 0 spiro atoms. The van der Waals surface area contributed by atoms with E-state index in [9.17, 15) is 0 Å². The van der Waals surface area contributed by atoms with Crippen LogP contribution in [0, 0.1) is 0 Å². The molecule has 0 fully saturated rings. The molecule has 17 heavy (non-hydrogen) atoms. The zero-order valence-electron chi connectivity index (χ0n) is 9.60. The van der Waals surface area contributed by atoms with Gasteiger partial charge in [-0.3, -0.25) is 2.78 Å². The summed E-state index contributed by atoms with van der Waals surface area (Å²) in [6.45, 7) is 6.03. The Morgan fingerprint density at radius 2 is 2.12 bits per heavy atom. The molecule has 0 N–H and O–H groups in total. The Morgan fingerprint density at radius 1 is 1.35 bits per heavy atom. The molecule has 0 amide bonds. The minimum absolute atomic E-state index is 0.896. The predicted molar refractivity (Wildman–Crippen MR) is 82.1 cm³/mol.